The molecule has 4 rings (SSSR count). The molecule has 0 fully saturated rings. The van der Waals surface area contributed by atoms with Gasteiger partial charge in [0, 0.05) is 11.3 Å². The molecule has 190 valence electrons. The van der Waals surface area contributed by atoms with E-state index >= 15 is 0 Å². The van der Waals surface area contributed by atoms with Gasteiger partial charge in [0.1, 0.15) is 5.75 Å². The summed E-state index contributed by atoms with van der Waals surface area (Å²) in [5.74, 6) is -0.300. The number of carbonyl (C=O) groups is 1. The number of fused-ring (bicyclic) bond motifs is 1. The molecule has 0 spiro atoms. The second-order valence-corrected chi connectivity index (χ2v) is 13.0. The molecule has 2 atom stereocenters. The van der Waals surface area contributed by atoms with Crippen molar-refractivity contribution in [1.82, 2.24) is 5.32 Å². The molecule has 3 aromatic rings. The maximum atomic E-state index is 13.5. The van der Waals surface area contributed by atoms with Gasteiger partial charge in [0.05, 0.1) is 28.1 Å². The third-order valence-electron chi connectivity index (χ3n) is 5.86. The first kappa shape index (κ1) is 26.0. The van der Waals surface area contributed by atoms with Crippen LogP contribution < -0.4 is 14.4 Å². The Hall–Kier alpha value is -3.08. The van der Waals surface area contributed by atoms with Gasteiger partial charge in [-0.2, -0.15) is 0 Å². The van der Waals surface area contributed by atoms with Crippen molar-refractivity contribution >= 4 is 43.1 Å². The van der Waals surface area contributed by atoms with Crippen LogP contribution in [0.15, 0.2) is 76.5 Å². The van der Waals surface area contributed by atoms with Gasteiger partial charge >= 0.3 is 0 Å². The predicted molar refractivity (Wildman–Crippen MR) is 138 cm³/mol. The number of nitrogens with zero attached hydrogens (tertiary/aromatic N) is 1. The maximum absolute atomic E-state index is 13.5. The van der Waals surface area contributed by atoms with Crippen LogP contribution in [0.5, 0.6) is 5.75 Å². The average Bonchev–Trinajstić information content (AvgIpc) is 2.83. The molecule has 0 bridgehead atoms. The lowest BCUT2D eigenvalue weighted by molar-refractivity contribution is -0.128. The molecular weight excluding hydrogens is 524 g/mol. The minimum atomic E-state index is -4.02. The van der Waals surface area contributed by atoms with Crippen molar-refractivity contribution in [3.05, 3.63) is 82.9 Å². The summed E-state index contributed by atoms with van der Waals surface area (Å²) in [4.78, 5) is 13.4. The first-order chi connectivity index (χ1) is 16.9. The number of carbonyl (C=O) groups excluding carboxylic acids is 1. The van der Waals surface area contributed by atoms with E-state index in [1.807, 2.05) is 6.92 Å². The van der Waals surface area contributed by atoms with Gasteiger partial charge in [0.25, 0.3) is 15.9 Å². The zero-order chi connectivity index (χ0) is 26.3. The summed E-state index contributed by atoms with van der Waals surface area (Å²) < 4.78 is 57.5. The number of sulfonamides is 1. The van der Waals surface area contributed by atoms with Gasteiger partial charge in [-0.1, -0.05) is 41.4 Å². The lowest BCUT2D eigenvalue weighted by Gasteiger charge is -2.35. The van der Waals surface area contributed by atoms with E-state index < -0.39 is 37.9 Å². The SMILES string of the molecule is Cc1ccc(S(=O)(=O)N2C[C@H](C(=O)N[C@H](C)c3ccc(S(C)(=O)=O)cc3)Oc3ccc(Cl)cc32)cc1. The quantitative estimate of drug-likeness (QED) is 0.500. The Morgan fingerprint density at radius 1 is 1.00 bits per heavy atom. The number of aryl methyl sites for hydroxylation is 1. The number of hydrogen-bond donors (Lipinski definition) is 1. The first-order valence-electron chi connectivity index (χ1n) is 11.0. The molecular formula is C25H25ClN2O6S2. The highest BCUT2D eigenvalue weighted by molar-refractivity contribution is 7.92. The molecule has 1 aliphatic rings. The molecule has 1 aliphatic heterocycles. The molecule has 1 heterocycles. The second-order valence-electron chi connectivity index (χ2n) is 8.64. The number of halogens is 1. The number of ether oxygens (including phenoxy) is 1. The Labute approximate surface area is 215 Å². The Bertz CT molecular complexity index is 1510. The normalized spacial score (nSPS) is 16.6. The van der Waals surface area contributed by atoms with Crippen molar-refractivity contribution in [2.24, 2.45) is 0 Å². The van der Waals surface area contributed by atoms with Gasteiger partial charge in [0.15, 0.2) is 15.9 Å². The second kappa shape index (κ2) is 9.76. The summed E-state index contributed by atoms with van der Waals surface area (Å²) in [6, 6.07) is 16.7. The molecule has 0 unspecified atom stereocenters. The Morgan fingerprint density at radius 2 is 1.61 bits per heavy atom. The molecule has 0 aliphatic carbocycles. The number of sulfone groups is 1. The summed E-state index contributed by atoms with van der Waals surface area (Å²) in [6.45, 7) is 3.34. The summed E-state index contributed by atoms with van der Waals surface area (Å²) in [5.41, 5.74) is 1.84. The van der Waals surface area contributed by atoms with Crippen LogP contribution in [0.2, 0.25) is 5.02 Å². The van der Waals surface area contributed by atoms with Crippen LogP contribution in [0.4, 0.5) is 5.69 Å². The van der Waals surface area contributed by atoms with E-state index in [4.69, 9.17) is 16.3 Å². The van der Waals surface area contributed by atoms with E-state index in [1.54, 1.807) is 37.3 Å². The van der Waals surface area contributed by atoms with E-state index in [2.05, 4.69) is 5.32 Å². The monoisotopic (exact) mass is 548 g/mol. The number of anilines is 1. The minimum Gasteiger partial charge on any atom is -0.476 e. The fourth-order valence-electron chi connectivity index (χ4n) is 3.82. The summed E-state index contributed by atoms with van der Waals surface area (Å²) in [7, 11) is -7.36. The summed E-state index contributed by atoms with van der Waals surface area (Å²) >= 11 is 6.14. The maximum Gasteiger partial charge on any atom is 0.264 e. The largest absolute Gasteiger partial charge is 0.476 e. The third kappa shape index (κ3) is 5.35. The number of hydrogen-bond acceptors (Lipinski definition) is 6. The zero-order valence-corrected chi connectivity index (χ0v) is 22.2. The fourth-order valence-corrected chi connectivity index (χ4v) is 6.08. The fraction of sp³-hybridized carbons (Fsp3) is 0.240. The number of rotatable bonds is 6. The zero-order valence-electron chi connectivity index (χ0n) is 19.8. The Kier molecular flexibility index (Phi) is 7.05. The van der Waals surface area contributed by atoms with E-state index in [0.29, 0.717) is 10.6 Å². The first-order valence-corrected chi connectivity index (χ1v) is 14.7. The van der Waals surface area contributed by atoms with E-state index in [0.717, 1.165) is 16.1 Å². The molecule has 1 N–H and O–H groups in total. The van der Waals surface area contributed by atoms with Gasteiger partial charge in [-0.05, 0) is 61.9 Å². The van der Waals surface area contributed by atoms with Gasteiger partial charge in [-0.3, -0.25) is 9.10 Å². The standard InChI is InChI=1S/C25H25ClN2O6S2/c1-16-4-9-21(10-5-16)36(32,33)28-15-24(34-23-13-8-19(26)14-22(23)28)25(29)27-17(2)18-6-11-20(12-7-18)35(3,30)31/h4-14,17,24H,15H2,1-3H3,(H,27,29)/t17-,24-/m1/s1. The Balaban J connectivity index is 1.60. The van der Waals surface area contributed by atoms with Gasteiger partial charge in [-0.15, -0.1) is 0 Å². The van der Waals surface area contributed by atoms with Crippen LogP contribution in [0.1, 0.15) is 24.1 Å². The number of amides is 1. The third-order valence-corrected chi connectivity index (χ3v) is 9.02. The molecule has 3 aromatic carbocycles. The van der Waals surface area contributed by atoms with Crippen molar-refractivity contribution in [2.45, 2.75) is 35.8 Å². The summed E-state index contributed by atoms with van der Waals surface area (Å²) in [5, 5.41) is 3.15. The van der Waals surface area contributed by atoms with Crippen molar-refractivity contribution in [3.63, 3.8) is 0 Å². The highest BCUT2D eigenvalue weighted by Gasteiger charge is 2.38. The highest BCUT2D eigenvalue weighted by Crippen LogP contribution is 2.39. The minimum absolute atomic E-state index is 0.0828. The van der Waals surface area contributed by atoms with Crippen LogP contribution in [0, 0.1) is 6.92 Å². The lowest BCUT2D eigenvalue weighted by atomic mass is 10.1. The van der Waals surface area contributed by atoms with Crippen LogP contribution in [0.3, 0.4) is 0 Å². The molecule has 0 aromatic heterocycles. The van der Waals surface area contributed by atoms with E-state index in [-0.39, 0.29) is 27.8 Å². The van der Waals surface area contributed by atoms with Gasteiger partial charge < -0.3 is 10.1 Å². The molecule has 1 amide bonds. The molecule has 0 saturated heterocycles. The van der Waals surface area contributed by atoms with Crippen LogP contribution in [-0.4, -0.2) is 41.6 Å². The molecule has 0 radical (unpaired) electrons. The molecule has 8 nitrogen and oxygen atoms in total. The highest BCUT2D eigenvalue weighted by atomic mass is 35.5. The van der Waals surface area contributed by atoms with Crippen LogP contribution >= 0.6 is 11.6 Å². The van der Waals surface area contributed by atoms with Crippen LogP contribution in [-0.2, 0) is 24.7 Å². The van der Waals surface area contributed by atoms with Crippen LogP contribution in [0.25, 0.3) is 0 Å². The van der Waals surface area contributed by atoms with Crippen molar-refractivity contribution in [3.8, 4) is 5.75 Å². The van der Waals surface area contributed by atoms with Crippen molar-refractivity contribution in [2.75, 3.05) is 17.1 Å². The predicted octanol–water partition coefficient (Wildman–Crippen LogP) is 3.89. The van der Waals surface area contributed by atoms with E-state index in [9.17, 15) is 21.6 Å². The number of nitrogens with one attached hydrogen (secondary N) is 1. The topological polar surface area (TPSA) is 110 Å². The molecule has 36 heavy (non-hydrogen) atoms. The van der Waals surface area contributed by atoms with Gasteiger partial charge in [-0.25, -0.2) is 16.8 Å². The number of benzene rings is 3. The van der Waals surface area contributed by atoms with Gasteiger partial charge in [0.2, 0.25) is 0 Å². The lowest BCUT2D eigenvalue weighted by Crippen LogP contribution is -2.51. The average molecular weight is 549 g/mol. The van der Waals surface area contributed by atoms with E-state index in [1.165, 1.54) is 36.4 Å². The smallest absolute Gasteiger partial charge is 0.264 e. The molecule has 11 heteroatoms. The van der Waals surface area contributed by atoms with Crippen molar-refractivity contribution in [1.29, 1.82) is 0 Å². The Morgan fingerprint density at radius 3 is 2.22 bits per heavy atom. The van der Waals surface area contributed by atoms with Crippen molar-refractivity contribution < 1.29 is 26.4 Å². The summed E-state index contributed by atoms with van der Waals surface area (Å²) in [6.07, 6.45) is -0.00801. The molecule has 0 saturated carbocycles.